The second-order valence-electron chi connectivity index (χ2n) is 26.4. The molecular formula is C70H92F4N6O9S2. The Morgan fingerprint density at radius 1 is 0.538 bits per heavy atom. The van der Waals surface area contributed by atoms with Gasteiger partial charge in [0.05, 0.1) is 47.7 Å². The molecule has 2 fully saturated rings. The number of aliphatic hydroxyl groups is 2. The number of carboxylic acids is 1. The number of halogens is 4. The molecule has 6 aromatic carbocycles. The van der Waals surface area contributed by atoms with Crippen molar-refractivity contribution in [1.82, 2.24) is 16.0 Å². The minimum atomic E-state index is -3.56. The highest BCUT2D eigenvalue weighted by Gasteiger charge is 2.37. The van der Waals surface area contributed by atoms with Gasteiger partial charge in [-0.15, -0.1) is 0 Å². The van der Waals surface area contributed by atoms with Crippen molar-refractivity contribution in [2.24, 2.45) is 5.73 Å². The summed E-state index contributed by atoms with van der Waals surface area (Å²) in [5.41, 5.74) is 12.2. The number of anilines is 2. The molecule has 21 heteroatoms. The fourth-order valence-corrected chi connectivity index (χ4v) is 12.6. The van der Waals surface area contributed by atoms with Gasteiger partial charge in [0, 0.05) is 62.0 Å². The van der Waals surface area contributed by atoms with Gasteiger partial charge in [-0.1, -0.05) is 141 Å². The van der Waals surface area contributed by atoms with E-state index in [-0.39, 0.29) is 58.0 Å². The first-order chi connectivity index (χ1) is 42.5. The molecule has 6 aromatic rings. The lowest BCUT2D eigenvalue weighted by molar-refractivity contribution is 0.0696. The Bertz CT molecular complexity index is 3620. The van der Waals surface area contributed by atoms with E-state index in [0.717, 1.165) is 96.6 Å². The van der Waals surface area contributed by atoms with Crippen LogP contribution in [0.3, 0.4) is 0 Å². The summed E-state index contributed by atoms with van der Waals surface area (Å²) in [5.74, 6) is -4.40. The van der Waals surface area contributed by atoms with E-state index in [9.17, 15) is 54.2 Å². The van der Waals surface area contributed by atoms with Crippen molar-refractivity contribution >= 4 is 43.3 Å². The van der Waals surface area contributed by atoms with Crippen LogP contribution < -0.4 is 30.3 Å². The molecular weight excluding hydrogens is 1210 g/mol. The molecule has 4 atom stereocenters. The summed E-state index contributed by atoms with van der Waals surface area (Å²) in [6, 6.07) is 34.2. The molecule has 8 rings (SSSR count). The smallest absolute Gasteiger partial charge is 0.335 e. The molecule has 0 heterocycles. The lowest BCUT2D eigenvalue weighted by atomic mass is 9.74. The zero-order chi connectivity index (χ0) is 67.3. The number of hydrogen-bond acceptors (Lipinski definition) is 11. The third-order valence-corrected chi connectivity index (χ3v) is 19.7. The van der Waals surface area contributed by atoms with Crippen LogP contribution in [0.15, 0.2) is 133 Å². The van der Waals surface area contributed by atoms with Crippen molar-refractivity contribution in [3.8, 4) is 0 Å². The first kappa shape index (κ1) is 73.3. The fraction of sp³-hybridized carbons (Fsp3) is 0.457. The first-order valence-corrected chi connectivity index (χ1v) is 34.5. The zero-order valence-corrected chi connectivity index (χ0v) is 55.6. The SMILES string of the molecule is CC(C)(C)c1cccc(C2(NC[C@@H](O)[C@@H](N)Cc3cc(F)cc(F)c3)CCCCC2)c1.CN(c1cccc(C(=O)N[C@@H](Cc2cc(F)cc(F)c2)[C@H](O)CNC2(c3cccc(C(C)(C)C)c3)CCCCC2)c1)S(C)(=O)=O.CN(c1cccc(C(=O)O)c1)S(C)(=O)=O. The van der Waals surface area contributed by atoms with Crippen molar-refractivity contribution in [3.05, 3.63) is 201 Å². The molecule has 496 valence electrons. The number of rotatable bonds is 21. The molecule has 0 bridgehead atoms. The summed E-state index contributed by atoms with van der Waals surface area (Å²) in [4.78, 5) is 24.1. The molecule has 0 aliphatic heterocycles. The van der Waals surface area contributed by atoms with E-state index in [1.807, 2.05) is 0 Å². The van der Waals surface area contributed by atoms with E-state index in [2.05, 4.69) is 106 Å². The molecule has 2 aliphatic carbocycles. The minimum absolute atomic E-state index is 0.0291. The van der Waals surface area contributed by atoms with Crippen molar-refractivity contribution in [3.63, 3.8) is 0 Å². The number of nitrogens with two attached hydrogens (primary N) is 1. The van der Waals surface area contributed by atoms with E-state index < -0.39 is 79.5 Å². The highest BCUT2D eigenvalue weighted by molar-refractivity contribution is 7.92. The van der Waals surface area contributed by atoms with Crippen LogP contribution in [0.25, 0.3) is 0 Å². The number of carboxylic acid groups (broad SMARTS) is 1. The second-order valence-corrected chi connectivity index (χ2v) is 30.4. The lowest BCUT2D eigenvalue weighted by Crippen LogP contribution is -2.53. The largest absolute Gasteiger partial charge is 0.478 e. The van der Waals surface area contributed by atoms with Crippen LogP contribution in [-0.2, 0) is 54.8 Å². The molecule has 2 aliphatic rings. The van der Waals surface area contributed by atoms with E-state index in [4.69, 9.17) is 10.8 Å². The Morgan fingerprint density at radius 2 is 0.912 bits per heavy atom. The van der Waals surface area contributed by atoms with Gasteiger partial charge in [-0.3, -0.25) is 13.4 Å². The molecule has 8 N–H and O–H groups in total. The van der Waals surface area contributed by atoms with Crippen molar-refractivity contribution < 1.29 is 59.3 Å². The number of hydrogen-bond donors (Lipinski definition) is 7. The van der Waals surface area contributed by atoms with E-state index in [1.165, 1.54) is 97.9 Å². The van der Waals surface area contributed by atoms with Crippen LogP contribution in [0.2, 0.25) is 0 Å². The average Bonchev–Trinajstić information content (AvgIpc) is 2.17. The molecule has 2 saturated carbocycles. The van der Waals surface area contributed by atoms with Crippen LogP contribution in [0.4, 0.5) is 28.9 Å². The number of nitrogens with one attached hydrogen (secondary N) is 3. The van der Waals surface area contributed by atoms with E-state index in [1.54, 1.807) is 12.1 Å². The Morgan fingerprint density at radius 3 is 1.31 bits per heavy atom. The minimum Gasteiger partial charge on any atom is -0.478 e. The van der Waals surface area contributed by atoms with Crippen molar-refractivity contribution in [2.45, 2.75) is 165 Å². The molecule has 0 spiro atoms. The normalized spacial score (nSPS) is 16.3. The summed E-state index contributed by atoms with van der Waals surface area (Å²) < 4.78 is 104. The number of benzene rings is 6. The molecule has 91 heavy (non-hydrogen) atoms. The van der Waals surface area contributed by atoms with Gasteiger partial charge < -0.3 is 37.0 Å². The number of carbonyl (C=O) groups excluding carboxylic acids is 1. The quantitative estimate of drug-likeness (QED) is 0.0334. The fourth-order valence-electron chi connectivity index (χ4n) is 11.6. The Balaban J connectivity index is 0.000000246. The third-order valence-electron chi connectivity index (χ3n) is 17.2. The predicted octanol–water partition coefficient (Wildman–Crippen LogP) is 11.5. The van der Waals surface area contributed by atoms with Gasteiger partial charge in [0.1, 0.15) is 23.3 Å². The van der Waals surface area contributed by atoms with Gasteiger partial charge in [0.2, 0.25) is 20.0 Å². The predicted molar refractivity (Wildman–Crippen MR) is 354 cm³/mol. The van der Waals surface area contributed by atoms with Crippen molar-refractivity contribution in [2.75, 3.05) is 48.3 Å². The van der Waals surface area contributed by atoms with Gasteiger partial charge in [-0.25, -0.2) is 39.2 Å². The number of amides is 1. The number of aliphatic hydroxyl groups excluding tert-OH is 2. The second kappa shape index (κ2) is 31.3. The lowest BCUT2D eigenvalue weighted by Gasteiger charge is -2.41. The van der Waals surface area contributed by atoms with Crippen LogP contribution in [0.1, 0.15) is 160 Å². The molecule has 0 saturated heterocycles. The van der Waals surface area contributed by atoms with E-state index in [0.29, 0.717) is 23.5 Å². The topological polar surface area (TPSA) is 232 Å². The van der Waals surface area contributed by atoms with Crippen LogP contribution in [0, 0.1) is 23.3 Å². The summed E-state index contributed by atoms with van der Waals surface area (Å²) >= 11 is 0. The summed E-state index contributed by atoms with van der Waals surface area (Å²) in [6.07, 6.45) is 10.8. The number of carbonyl (C=O) groups is 2. The monoisotopic (exact) mass is 1300 g/mol. The van der Waals surface area contributed by atoms with Gasteiger partial charge in [0.25, 0.3) is 5.91 Å². The molecule has 1 amide bonds. The third kappa shape index (κ3) is 21.2. The van der Waals surface area contributed by atoms with Crippen LogP contribution in [0.5, 0.6) is 0 Å². The number of nitrogens with zero attached hydrogens (tertiary/aromatic N) is 2. The number of aromatic carboxylic acids is 1. The Kier molecular flexibility index (Phi) is 25.2. The van der Waals surface area contributed by atoms with Gasteiger partial charge in [0.15, 0.2) is 0 Å². The summed E-state index contributed by atoms with van der Waals surface area (Å²) in [7, 11) is -4.16. The first-order valence-electron chi connectivity index (χ1n) is 30.8. The highest BCUT2D eigenvalue weighted by atomic mass is 32.2. The van der Waals surface area contributed by atoms with Crippen LogP contribution in [-0.4, -0.2) is 108 Å². The molecule has 0 unspecified atom stereocenters. The summed E-state index contributed by atoms with van der Waals surface area (Å²) in [6.45, 7) is 13.6. The maximum Gasteiger partial charge on any atom is 0.335 e. The standard InChI is InChI=1S/C35H45F2N3O4S.C26H36F2N2O.C9H11NO4S/c1-34(2,3)26-12-10-13-27(21-26)35(15-7-6-8-16-35)38-23-32(41)31(19-24-17-28(36)22-29(37)18-24)39-33(42)25-11-9-14-30(20-25)40(4)45(5,43)44;1-25(2,3)19-8-7-9-20(15-19)26(10-5-4-6-11-26)30-17-24(31)23(29)14-18-12-21(27)16-22(28)13-18;1-10(15(2,13)14)8-5-3-4-7(6-8)9(11)12/h9-14,17-18,20-22,31-32,38,41H,6-8,15-16,19,23H2,1-5H3,(H,39,42);7-9,12-13,15-16,23-24,30-31H,4-6,10-11,14,17,29H2,1-3H3;3-6H,1-2H3,(H,11,12)/t31-,32+;23-,24+;/m00./s1. The van der Waals surface area contributed by atoms with Crippen LogP contribution >= 0.6 is 0 Å². The number of sulfonamides is 2. The molecule has 0 radical (unpaired) electrons. The van der Waals surface area contributed by atoms with E-state index >= 15 is 0 Å². The average molecular weight is 1300 g/mol. The van der Waals surface area contributed by atoms with Gasteiger partial charge in [-0.2, -0.15) is 0 Å². The maximum absolute atomic E-state index is 14.1. The maximum atomic E-state index is 14.1. The molecule has 0 aromatic heterocycles. The Labute approximate surface area is 536 Å². The summed E-state index contributed by atoms with van der Waals surface area (Å²) in [5, 5.41) is 41.2. The molecule has 15 nitrogen and oxygen atoms in total. The Hall–Kier alpha value is -6.72. The van der Waals surface area contributed by atoms with Gasteiger partial charge >= 0.3 is 5.97 Å². The van der Waals surface area contributed by atoms with Crippen molar-refractivity contribution in [1.29, 1.82) is 0 Å². The highest BCUT2D eigenvalue weighted by Crippen LogP contribution is 2.40. The zero-order valence-electron chi connectivity index (χ0n) is 54.0. The van der Waals surface area contributed by atoms with Gasteiger partial charge in [-0.05, 0) is 143 Å².